The van der Waals surface area contributed by atoms with Crippen LogP contribution >= 0.6 is 0 Å². The van der Waals surface area contributed by atoms with Crippen LogP contribution in [0.1, 0.15) is 24.9 Å². The first-order valence-electron chi connectivity index (χ1n) is 4.62. The molecular weight excluding hydrogens is 180 g/mol. The Morgan fingerprint density at radius 3 is 3.07 bits per heavy atom. The normalized spacial score (nSPS) is 12.1. The fourth-order valence-electron chi connectivity index (χ4n) is 1.16. The van der Waals surface area contributed by atoms with Crippen molar-refractivity contribution in [1.29, 1.82) is 0 Å². The number of pyridine rings is 1. The van der Waals surface area contributed by atoms with Crippen molar-refractivity contribution in [3.05, 3.63) is 30.1 Å². The van der Waals surface area contributed by atoms with Gasteiger partial charge in [-0.3, -0.25) is 9.78 Å². The predicted octanol–water partition coefficient (Wildman–Crippen LogP) is 0.318. The van der Waals surface area contributed by atoms with Gasteiger partial charge in [0, 0.05) is 18.0 Å². The van der Waals surface area contributed by atoms with Gasteiger partial charge in [0.25, 0.3) is 0 Å². The highest BCUT2D eigenvalue weighted by Gasteiger charge is 2.15. The number of aromatic nitrogens is 1. The second kappa shape index (κ2) is 5.34. The Morgan fingerprint density at radius 1 is 1.71 bits per heavy atom. The van der Waals surface area contributed by atoms with Crippen molar-refractivity contribution < 1.29 is 15.3 Å². The molecule has 1 heterocycles. The lowest BCUT2D eigenvalue weighted by molar-refractivity contribution is -0.425. The summed E-state index contributed by atoms with van der Waals surface area (Å²) in [5, 5.41) is 0. The molecule has 0 radical (unpaired) electrons. The van der Waals surface area contributed by atoms with Crippen molar-refractivity contribution in [2.75, 3.05) is 6.61 Å². The van der Waals surface area contributed by atoms with Gasteiger partial charge in [-0.05, 0) is 13.0 Å². The third-order valence-corrected chi connectivity index (χ3v) is 1.87. The monoisotopic (exact) mass is 195 g/mol. The first-order chi connectivity index (χ1) is 6.74. The van der Waals surface area contributed by atoms with Gasteiger partial charge in [0.05, 0.1) is 6.61 Å². The van der Waals surface area contributed by atoms with Crippen LogP contribution in [0.5, 0.6) is 0 Å². The average molecular weight is 195 g/mol. The van der Waals surface area contributed by atoms with Crippen LogP contribution in [0.25, 0.3) is 0 Å². The van der Waals surface area contributed by atoms with Crippen LogP contribution < -0.4 is 5.73 Å². The first-order valence-corrected chi connectivity index (χ1v) is 4.62. The Morgan fingerprint density at radius 2 is 2.50 bits per heavy atom. The van der Waals surface area contributed by atoms with Gasteiger partial charge in [-0.1, -0.05) is 6.07 Å². The van der Waals surface area contributed by atoms with E-state index in [2.05, 4.69) is 10.7 Å². The average Bonchev–Trinajstić information content (AvgIpc) is 2.19. The zero-order valence-electron chi connectivity index (χ0n) is 8.27. The number of esters is 1. The minimum Gasteiger partial charge on any atom is -0.466 e. The number of quaternary nitrogens is 1. The van der Waals surface area contributed by atoms with E-state index in [0.717, 1.165) is 5.56 Å². The molecule has 0 fully saturated rings. The van der Waals surface area contributed by atoms with E-state index in [1.807, 2.05) is 12.1 Å². The molecule has 0 aromatic carbocycles. The number of carbonyl (C=O) groups excluding carboxylic acids is 1. The van der Waals surface area contributed by atoms with E-state index in [9.17, 15) is 4.79 Å². The molecule has 0 unspecified atom stereocenters. The summed E-state index contributed by atoms with van der Waals surface area (Å²) in [5.74, 6) is -0.212. The quantitative estimate of drug-likeness (QED) is 0.703. The molecule has 1 aromatic rings. The molecule has 0 saturated carbocycles. The maximum absolute atomic E-state index is 11.1. The molecule has 3 N–H and O–H groups in total. The molecule has 4 heteroatoms. The number of hydrogen-bond donors (Lipinski definition) is 1. The van der Waals surface area contributed by atoms with Gasteiger partial charge in [-0.25, -0.2) is 0 Å². The highest BCUT2D eigenvalue weighted by atomic mass is 16.5. The second-order valence-corrected chi connectivity index (χ2v) is 2.99. The van der Waals surface area contributed by atoms with Crippen molar-refractivity contribution in [3.8, 4) is 0 Å². The van der Waals surface area contributed by atoms with E-state index in [0.29, 0.717) is 13.0 Å². The van der Waals surface area contributed by atoms with Gasteiger partial charge in [0.2, 0.25) is 0 Å². The maximum Gasteiger partial charge on any atom is 0.312 e. The van der Waals surface area contributed by atoms with Gasteiger partial charge in [0.15, 0.2) is 0 Å². The molecule has 0 aliphatic rings. The number of nitrogens with zero attached hydrogens (tertiary/aromatic N) is 1. The Hall–Kier alpha value is -1.42. The van der Waals surface area contributed by atoms with E-state index in [1.54, 1.807) is 19.3 Å². The smallest absolute Gasteiger partial charge is 0.312 e. The van der Waals surface area contributed by atoms with Crippen molar-refractivity contribution in [2.45, 2.75) is 19.4 Å². The molecule has 14 heavy (non-hydrogen) atoms. The molecule has 1 atom stereocenters. The highest BCUT2D eigenvalue weighted by Crippen LogP contribution is 2.10. The van der Waals surface area contributed by atoms with Gasteiger partial charge < -0.3 is 10.5 Å². The molecule has 0 aliphatic heterocycles. The van der Waals surface area contributed by atoms with E-state index < -0.39 is 0 Å². The fourth-order valence-corrected chi connectivity index (χ4v) is 1.16. The van der Waals surface area contributed by atoms with Crippen molar-refractivity contribution in [3.63, 3.8) is 0 Å². The van der Waals surface area contributed by atoms with E-state index in [-0.39, 0.29) is 12.0 Å². The number of rotatable bonds is 4. The van der Waals surface area contributed by atoms with Crippen molar-refractivity contribution in [1.82, 2.24) is 4.98 Å². The third kappa shape index (κ3) is 3.14. The van der Waals surface area contributed by atoms with E-state index in [1.165, 1.54) is 0 Å². The molecule has 0 saturated heterocycles. The van der Waals surface area contributed by atoms with Crippen molar-refractivity contribution in [2.24, 2.45) is 0 Å². The standard InChI is InChI=1S/C10H14N2O2/c1-2-14-10(13)6-9(11)8-4-3-5-12-7-8/h3-5,7,9H,2,6,11H2,1H3/p+1/t9-/m1/s1. The van der Waals surface area contributed by atoms with Crippen molar-refractivity contribution >= 4 is 5.97 Å². The van der Waals surface area contributed by atoms with Crippen LogP contribution in [-0.4, -0.2) is 17.6 Å². The molecule has 0 aliphatic carbocycles. The van der Waals surface area contributed by atoms with Crippen LogP contribution in [0.4, 0.5) is 0 Å². The summed E-state index contributed by atoms with van der Waals surface area (Å²) >= 11 is 0. The van der Waals surface area contributed by atoms with Gasteiger partial charge >= 0.3 is 5.97 Å². The lowest BCUT2D eigenvalue weighted by Gasteiger charge is -2.07. The predicted molar refractivity (Wildman–Crippen MR) is 51.1 cm³/mol. The summed E-state index contributed by atoms with van der Waals surface area (Å²) in [5.41, 5.74) is 4.85. The second-order valence-electron chi connectivity index (χ2n) is 2.99. The zero-order chi connectivity index (χ0) is 10.4. The van der Waals surface area contributed by atoms with E-state index >= 15 is 0 Å². The third-order valence-electron chi connectivity index (χ3n) is 1.87. The maximum atomic E-state index is 11.1. The van der Waals surface area contributed by atoms with Gasteiger partial charge in [0.1, 0.15) is 12.5 Å². The van der Waals surface area contributed by atoms with E-state index in [4.69, 9.17) is 4.74 Å². The van der Waals surface area contributed by atoms with Gasteiger partial charge in [-0.2, -0.15) is 0 Å². The summed E-state index contributed by atoms with van der Waals surface area (Å²) in [6, 6.07) is 3.66. The zero-order valence-corrected chi connectivity index (χ0v) is 8.27. The fraction of sp³-hybridized carbons (Fsp3) is 0.400. The summed E-state index contributed by atoms with van der Waals surface area (Å²) in [6.07, 6.45) is 3.72. The van der Waals surface area contributed by atoms with Gasteiger partial charge in [-0.15, -0.1) is 0 Å². The minimum absolute atomic E-state index is 0.0808. The summed E-state index contributed by atoms with van der Waals surface area (Å²) in [4.78, 5) is 15.1. The topological polar surface area (TPSA) is 66.8 Å². The summed E-state index contributed by atoms with van der Waals surface area (Å²) < 4.78 is 4.83. The SMILES string of the molecule is CCOC(=O)C[C@@H]([NH3+])c1cccnc1. The Kier molecular flexibility index (Phi) is 4.07. The number of ether oxygens (including phenoxy) is 1. The molecule has 4 nitrogen and oxygen atoms in total. The molecule has 1 aromatic heterocycles. The number of hydrogen-bond acceptors (Lipinski definition) is 3. The Balaban J connectivity index is 2.50. The number of carbonyl (C=O) groups is 1. The molecule has 0 bridgehead atoms. The summed E-state index contributed by atoms with van der Waals surface area (Å²) in [6.45, 7) is 2.21. The minimum atomic E-state index is -0.212. The summed E-state index contributed by atoms with van der Waals surface area (Å²) in [7, 11) is 0. The lowest BCUT2D eigenvalue weighted by Crippen LogP contribution is -2.54. The van der Waals surface area contributed by atoms with Crippen LogP contribution in [0.15, 0.2) is 24.5 Å². The molecule has 0 spiro atoms. The molecule has 0 amide bonds. The largest absolute Gasteiger partial charge is 0.466 e. The van der Waals surface area contributed by atoms with Crippen LogP contribution in [0.3, 0.4) is 0 Å². The Labute approximate surface area is 83.1 Å². The molecule has 1 rings (SSSR count). The molecular formula is C10H15N2O2+. The van der Waals surface area contributed by atoms with Crippen LogP contribution in [0.2, 0.25) is 0 Å². The lowest BCUT2D eigenvalue weighted by atomic mass is 10.1. The Bertz CT molecular complexity index is 287. The van der Waals surface area contributed by atoms with Crippen LogP contribution in [-0.2, 0) is 9.53 Å². The highest BCUT2D eigenvalue weighted by molar-refractivity contribution is 5.70. The van der Waals surface area contributed by atoms with Crippen LogP contribution in [0, 0.1) is 0 Å². The molecule has 76 valence electrons. The first kappa shape index (κ1) is 10.7.